The molecule has 2 saturated heterocycles. The van der Waals surface area contributed by atoms with Gasteiger partial charge in [0.25, 0.3) is 0 Å². The van der Waals surface area contributed by atoms with Gasteiger partial charge in [0.15, 0.2) is 5.82 Å². The summed E-state index contributed by atoms with van der Waals surface area (Å²) in [6.45, 7) is 3.07. The second-order valence-corrected chi connectivity index (χ2v) is 6.25. The third-order valence-electron chi connectivity index (χ3n) is 4.44. The minimum Gasteiger partial charge on any atom is -0.377 e. The van der Waals surface area contributed by atoms with Gasteiger partial charge in [-0.05, 0) is 12.8 Å². The van der Waals surface area contributed by atoms with E-state index < -0.39 is 5.82 Å². The third kappa shape index (κ3) is 3.22. The van der Waals surface area contributed by atoms with Crippen molar-refractivity contribution in [1.29, 1.82) is 0 Å². The monoisotopic (exact) mass is 334 g/mol. The van der Waals surface area contributed by atoms with Crippen molar-refractivity contribution in [1.82, 2.24) is 24.7 Å². The van der Waals surface area contributed by atoms with Gasteiger partial charge in [-0.15, -0.1) is 0 Å². The molecule has 128 valence electrons. The second kappa shape index (κ2) is 6.40. The van der Waals surface area contributed by atoms with Crippen molar-refractivity contribution in [3.8, 4) is 0 Å². The van der Waals surface area contributed by atoms with Crippen LogP contribution in [0.1, 0.15) is 12.8 Å². The summed E-state index contributed by atoms with van der Waals surface area (Å²) in [6.07, 6.45) is 7.48. The lowest BCUT2D eigenvalue weighted by Crippen LogP contribution is -2.45. The predicted molar refractivity (Wildman–Crippen MR) is 81.9 cm³/mol. The van der Waals surface area contributed by atoms with E-state index in [-0.39, 0.29) is 11.7 Å². The summed E-state index contributed by atoms with van der Waals surface area (Å²) in [7, 11) is 0. The number of hydrogen-bond acceptors (Lipinski definition) is 7. The molecule has 0 aliphatic carbocycles. The molecule has 9 heteroatoms. The van der Waals surface area contributed by atoms with Crippen LogP contribution in [-0.2, 0) is 16.0 Å². The molecule has 1 spiro atoms. The molecule has 0 radical (unpaired) electrons. The van der Waals surface area contributed by atoms with Gasteiger partial charge < -0.3 is 14.4 Å². The van der Waals surface area contributed by atoms with E-state index in [9.17, 15) is 4.39 Å². The maximum absolute atomic E-state index is 13.1. The lowest BCUT2D eigenvalue weighted by molar-refractivity contribution is -0.0807. The molecule has 0 saturated carbocycles. The van der Waals surface area contributed by atoms with Crippen LogP contribution >= 0.6 is 0 Å². The van der Waals surface area contributed by atoms with Crippen LogP contribution in [0.2, 0.25) is 0 Å². The Balaban J connectivity index is 1.47. The van der Waals surface area contributed by atoms with Crippen molar-refractivity contribution < 1.29 is 13.9 Å². The maximum atomic E-state index is 13.1. The highest BCUT2D eigenvalue weighted by molar-refractivity contribution is 5.30. The van der Waals surface area contributed by atoms with Gasteiger partial charge in [0.05, 0.1) is 44.8 Å². The van der Waals surface area contributed by atoms with Crippen molar-refractivity contribution >= 4 is 5.95 Å². The number of rotatable bonds is 3. The first-order chi connectivity index (χ1) is 11.7. The largest absolute Gasteiger partial charge is 0.377 e. The zero-order valence-corrected chi connectivity index (χ0v) is 13.2. The number of ether oxygens (including phenoxy) is 2. The average Bonchev–Trinajstić information content (AvgIpc) is 3.17. The maximum Gasteiger partial charge on any atom is 0.225 e. The lowest BCUT2D eigenvalue weighted by atomic mass is 10.0. The number of anilines is 1. The van der Waals surface area contributed by atoms with Crippen LogP contribution in [0.3, 0.4) is 0 Å². The van der Waals surface area contributed by atoms with Crippen LogP contribution in [-0.4, -0.2) is 62.7 Å². The standard InChI is InChI=1S/C15H19FN6O2/c16-12-5-18-14(19-6-12)21-3-4-23-9-15(8-21)2-1-13(24-15)7-22-11-17-10-20-22/h5-6,10-11,13H,1-4,7-9H2. The number of halogens is 1. The first-order valence-electron chi connectivity index (χ1n) is 8.03. The van der Waals surface area contributed by atoms with E-state index in [1.54, 1.807) is 11.0 Å². The first kappa shape index (κ1) is 15.4. The highest BCUT2D eigenvalue weighted by Crippen LogP contribution is 2.34. The molecule has 2 aromatic rings. The minimum absolute atomic E-state index is 0.0735. The van der Waals surface area contributed by atoms with Crippen LogP contribution in [0.25, 0.3) is 0 Å². The van der Waals surface area contributed by atoms with E-state index in [0.717, 1.165) is 12.8 Å². The van der Waals surface area contributed by atoms with Crippen LogP contribution in [0.4, 0.5) is 10.3 Å². The van der Waals surface area contributed by atoms with E-state index in [2.05, 4.69) is 20.1 Å². The van der Waals surface area contributed by atoms with Gasteiger partial charge in [0.2, 0.25) is 5.95 Å². The Hall–Kier alpha value is -2.13. The van der Waals surface area contributed by atoms with E-state index in [1.807, 2.05) is 4.90 Å². The van der Waals surface area contributed by atoms with Crippen molar-refractivity contribution in [2.24, 2.45) is 0 Å². The number of nitrogens with zero attached hydrogens (tertiary/aromatic N) is 6. The highest BCUT2D eigenvalue weighted by Gasteiger charge is 2.43. The fourth-order valence-electron chi connectivity index (χ4n) is 3.33. The Labute approximate surface area is 138 Å². The van der Waals surface area contributed by atoms with Gasteiger partial charge in [-0.25, -0.2) is 19.3 Å². The van der Waals surface area contributed by atoms with E-state index >= 15 is 0 Å². The molecule has 0 aromatic carbocycles. The van der Waals surface area contributed by atoms with Gasteiger partial charge in [-0.2, -0.15) is 5.10 Å². The zero-order chi connectivity index (χ0) is 16.4. The summed E-state index contributed by atoms with van der Waals surface area (Å²) in [6, 6.07) is 0. The summed E-state index contributed by atoms with van der Waals surface area (Å²) in [4.78, 5) is 14.1. The molecule has 4 rings (SSSR count). The SMILES string of the molecule is Fc1cnc(N2CCOCC3(CCC(Cn4cncn4)O3)C2)nc1. The van der Waals surface area contributed by atoms with Crippen molar-refractivity contribution in [2.75, 3.05) is 31.2 Å². The smallest absolute Gasteiger partial charge is 0.225 e. The Morgan fingerprint density at radius 1 is 1.33 bits per heavy atom. The molecule has 24 heavy (non-hydrogen) atoms. The Kier molecular flexibility index (Phi) is 4.11. The second-order valence-electron chi connectivity index (χ2n) is 6.25. The van der Waals surface area contributed by atoms with Crippen LogP contribution in [0.15, 0.2) is 25.0 Å². The topological polar surface area (TPSA) is 78.2 Å². The van der Waals surface area contributed by atoms with Crippen LogP contribution < -0.4 is 4.90 Å². The van der Waals surface area contributed by atoms with Crippen molar-refractivity contribution in [3.05, 3.63) is 30.9 Å². The molecule has 0 amide bonds. The Morgan fingerprint density at radius 2 is 2.21 bits per heavy atom. The third-order valence-corrected chi connectivity index (χ3v) is 4.44. The number of hydrogen-bond donors (Lipinski definition) is 0. The Morgan fingerprint density at radius 3 is 3.00 bits per heavy atom. The fourth-order valence-corrected chi connectivity index (χ4v) is 3.33. The molecule has 8 nitrogen and oxygen atoms in total. The Bertz CT molecular complexity index is 667. The van der Waals surface area contributed by atoms with Gasteiger partial charge in [0, 0.05) is 6.54 Å². The van der Waals surface area contributed by atoms with Crippen molar-refractivity contribution in [3.63, 3.8) is 0 Å². The summed E-state index contributed by atoms with van der Waals surface area (Å²) in [5.74, 6) is 0.0640. The molecule has 2 aromatic heterocycles. The first-order valence-corrected chi connectivity index (χ1v) is 8.03. The molecule has 2 aliphatic rings. The molecule has 2 atom stereocenters. The molecule has 4 heterocycles. The molecule has 2 fully saturated rings. The molecule has 0 bridgehead atoms. The molecule has 2 unspecified atom stereocenters. The molecular formula is C15H19FN6O2. The summed E-state index contributed by atoms with van der Waals surface area (Å²) in [5, 5.41) is 4.13. The van der Waals surface area contributed by atoms with Crippen molar-refractivity contribution in [2.45, 2.75) is 31.1 Å². The van der Waals surface area contributed by atoms with Gasteiger partial charge in [0.1, 0.15) is 18.3 Å². The predicted octanol–water partition coefficient (Wildman–Crippen LogP) is 0.662. The van der Waals surface area contributed by atoms with Gasteiger partial charge >= 0.3 is 0 Å². The van der Waals surface area contributed by atoms with E-state index in [1.165, 1.54) is 18.7 Å². The fraction of sp³-hybridized carbons (Fsp3) is 0.600. The van der Waals surface area contributed by atoms with E-state index in [4.69, 9.17) is 9.47 Å². The summed E-state index contributed by atoms with van der Waals surface area (Å²) >= 11 is 0. The molecule has 2 aliphatic heterocycles. The van der Waals surface area contributed by atoms with Gasteiger partial charge in [-0.3, -0.25) is 4.68 Å². The summed E-state index contributed by atoms with van der Waals surface area (Å²) in [5.41, 5.74) is -0.389. The van der Waals surface area contributed by atoms with E-state index in [0.29, 0.717) is 38.8 Å². The number of aromatic nitrogens is 5. The normalized spacial score (nSPS) is 27.5. The minimum atomic E-state index is -0.440. The van der Waals surface area contributed by atoms with Crippen LogP contribution in [0, 0.1) is 5.82 Å². The summed E-state index contributed by atoms with van der Waals surface area (Å²) < 4.78 is 26.9. The molecular weight excluding hydrogens is 315 g/mol. The average molecular weight is 334 g/mol. The van der Waals surface area contributed by atoms with Crippen LogP contribution in [0.5, 0.6) is 0 Å². The highest BCUT2D eigenvalue weighted by atomic mass is 19.1. The quantitative estimate of drug-likeness (QED) is 0.816. The molecule has 0 N–H and O–H groups in total. The van der Waals surface area contributed by atoms with Gasteiger partial charge in [-0.1, -0.05) is 0 Å². The zero-order valence-electron chi connectivity index (χ0n) is 13.2. The lowest BCUT2D eigenvalue weighted by Gasteiger charge is -2.31.